The molecule has 0 amide bonds. The summed E-state index contributed by atoms with van der Waals surface area (Å²) in [6.07, 6.45) is 0.783. The minimum Gasteiger partial charge on any atom is -0.207 e. The van der Waals surface area contributed by atoms with E-state index in [1.807, 2.05) is 13.0 Å². The van der Waals surface area contributed by atoms with Gasteiger partial charge in [-0.15, -0.1) is 11.6 Å². The lowest BCUT2D eigenvalue weighted by Gasteiger charge is -2.19. The van der Waals surface area contributed by atoms with Gasteiger partial charge in [-0.3, -0.25) is 0 Å². The van der Waals surface area contributed by atoms with Crippen LogP contribution < -0.4 is 0 Å². The fraction of sp³-hybridized carbons (Fsp3) is 0.500. The summed E-state index contributed by atoms with van der Waals surface area (Å²) in [6, 6.07) is 3.50. The average molecular weight is 355 g/mol. The van der Waals surface area contributed by atoms with Crippen molar-refractivity contribution in [2.75, 3.05) is 13.6 Å². The second-order valence-electron chi connectivity index (χ2n) is 4.16. The van der Waals surface area contributed by atoms with Crippen molar-refractivity contribution in [1.29, 1.82) is 0 Å². The van der Waals surface area contributed by atoms with E-state index in [2.05, 4.69) is 15.9 Å². The largest absolute Gasteiger partial charge is 0.243 e. The van der Waals surface area contributed by atoms with Crippen molar-refractivity contribution < 1.29 is 8.42 Å². The Labute approximate surface area is 122 Å². The van der Waals surface area contributed by atoms with Crippen LogP contribution in [0.1, 0.15) is 24.5 Å². The molecule has 0 radical (unpaired) electrons. The van der Waals surface area contributed by atoms with Crippen molar-refractivity contribution in [3.63, 3.8) is 0 Å². The Kier molecular flexibility index (Phi) is 5.65. The number of alkyl halides is 1. The maximum absolute atomic E-state index is 12.4. The molecular formula is C12H17BrClNO2S. The molecule has 18 heavy (non-hydrogen) atoms. The number of nitrogens with zero attached hydrogens (tertiary/aromatic N) is 1. The maximum atomic E-state index is 12.4. The fourth-order valence-electron chi connectivity index (χ4n) is 1.66. The molecule has 0 saturated heterocycles. The van der Waals surface area contributed by atoms with Gasteiger partial charge in [0, 0.05) is 23.9 Å². The molecule has 0 unspecified atom stereocenters. The van der Waals surface area contributed by atoms with E-state index in [1.54, 1.807) is 20.0 Å². The van der Waals surface area contributed by atoms with Gasteiger partial charge in [0.05, 0.1) is 4.90 Å². The fourth-order valence-corrected chi connectivity index (χ4v) is 4.00. The third-order valence-corrected chi connectivity index (χ3v) is 5.85. The zero-order chi connectivity index (χ0) is 13.9. The topological polar surface area (TPSA) is 37.4 Å². The van der Waals surface area contributed by atoms with Crippen LogP contribution in [0, 0.1) is 6.92 Å². The molecule has 0 aliphatic heterocycles. The van der Waals surface area contributed by atoms with E-state index in [4.69, 9.17) is 11.6 Å². The molecule has 0 aromatic heterocycles. The summed E-state index contributed by atoms with van der Waals surface area (Å²) in [7, 11) is -1.85. The van der Waals surface area contributed by atoms with Gasteiger partial charge in [-0.2, -0.15) is 0 Å². The number of hydrogen-bond donors (Lipinski definition) is 0. The van der Waals surface area contributed by atoms with Crippen LogP contribution in [0.25, 0.3) is 0 Å². The standard InChI is InChI=1S/C12H17BrClNO2S/c1-4-5-15(3)18(16,17)12-7-10(8-14)6-11(13)9(12)2/h6-7H,4-5,8H2,1-3H3. The second-order valence-corrected chi connectivity index (χ2v) is 7.30. The van der Waals surface area contributed by atoms with E-state index >= 15 is 0 Å². The first-order valence-corrected chi connectivity index (χ1v) is 8.42. The second kappa shape index (κ2) is 6.37. The lowest BCUT2D eigenvalue weighted by atomic mass is 10.2. The van der Waals surface area contributed by atoms with Crippen LogP contribution in [-0.2, 0) is 15.9 Å². The molecule has 1 rings (SSSR count). The Bertz CT molecular complexity index is 531. The average Bonchev–Trinajstić information content (AvgIpc) is 2.32. The van der Waals surface area contributed by atoms with Crippen molar-refractivity contribution in [1.82, 2.24) is 4.31 Å². The van der Waals surface area contributed by atoms with E-state index < -0.39 is 10.0 Å². The number of halogens is 2. The highest BCUT2D eigenvalue weighted by molar-refractivity contribution is 9.10. The van der Waals surface area contributed by atoms with Crippen LogP contribution >= 0.6 is 27.5 Å². The van der Waals surface area contributed by atoms with Crippen LogP contribution in [0.15, 0.2) is 21.5 Å². The number of hydrogen-bond acceptors (Lipinski definition) is 2. The highest BCUT2D eigenvalue weighted by Gasteiger charge is 2.23. The number of sulfonamides is 1. The third-order valence-electron chi connectivity index (χ3n) is 2.74. The Morgan fingerprint density at radius 1 is 1.39 bits per heavy atom. The predicted molar refractivity (Wildman–Crippen MR) is 78.5 cm³/mol. The summed E-state index contributed by atoms with van der Waals surface area (Å²) in [5, 5.41) is 0. The quantitative estimate of drug-likeness (QED) is 0.759. The molecule has 0 bridgehead atoms. The van der Waals surface area contributed by atoms with Gasteiger partial charge in [-0.1, -0.05) is 22.9 Å². The summed E-state index contributed by atoms with van der Waals surface area (Å²) in [5.74, 6) is 0.291. The van der Waals surface area contributed by atoms with Crippen molar-refractivity contribution in [3.05, 3.63) is 27.7 Å². The Morgan fingerprint density at radius 2 is 2.00 bits per heavy atom. The minimum atomic E-state index is -3.44. The Hall–Kier alpha value is -0.100. The van der Waals surface area contributed by atoms with Gasteiger partial charge in [0.25, 0.3) is 0 Å². The molecule has 0 spiro atoms. The number of benzene rings is 1. The van der Waals surface area contributed by atoms with E-state index in [1.165, 1.54) is 4.31 Å². The zero-order valence-corrected chi connectivity index (χ0v) is 13.9. The van der Waals surface area contributed by atoms with Gasteiger partial charge in [-0.25, -0.2) is 12.7 Å². The first-order chi connectivity index (χ1) is 8.34. The molecule has 6 heteroatoms. The molecule has 0 aliphatic rings. The van der Waals surface area contributed by atoms with Gasteiger partial charge in [0.2, 0.25) is 10.0 Å². The molecule has 0 atom stereocenters. The summed E-state index contributed by atoms with van der Waals surface area (Å²) in [4.78, 5) is 0.323. The van der Waals surface area contributed by atoms with Gasteiger partial charge in [0.15, 0.2) is 0 Å². The molecule has 1 aromatic carbocycles. The number of rotatable bonds is 5. The van der Waals surface area contributed by atoms with Gasteiger partial charge < -0.3 is 0 Å². The van der Waals surface area contributed by atoms with Crippen LogP contribution in [0.5, 0.6) is 0 Å². The van der Waals surface area contributed by atoms with Gasteiger partial charge in [0.1, 0.15) is 0 Å². The molecule has 0 N–H and O–H groups in total. The lowest BCUT2D eigenvalue weighted by molar-refractivity contribution is 0.468. The normalized spacial score (nSPS) is 12.1. The Balaban J connectivity index is 3.36. The van der Waals surface area contributed by atoms with Crippen molar-refractivity contribution in [2.24, 2.45) is 0 Å². The molecule has 102 valence electrons. The predicted octanol–water partition coefficient (Wildman–Crippen LogP) is 3.53. The Morgan fingerprint density at radius 3 is 2.50 bits per heavy atom. The monoisotopic (exact) mass is 353 g/mol. The third kappa shape index (κ3) is 3.26. The van der Waals surface area contributed by atoms with Crippen LogP contribution in [0.4, 0.5) is 0 Å². The molecule has 0 fully saturated rings. The van der Waals surface area contributed by atoms with Crippen molar-refractivity contribution in [3.8, 4) is 0 Å². The van der Waals surface area contributed by atoms with Crippen molar-refractivity contribution >= 4 is 37.6 Å². The lowest BCUT2D eigenvalue weighted by Crippen LogP contribution is -2.28. The summed E-state index contributed by atoms with van der Waals surface area (Å²) < 4.78 is 27.0. The highest BCUT2D eigenvalue weighted by Crippen LogP contribution is 2.28. The summed E-state index contributed by atoms with van der Waals surface area (Å²) >= 11 is 9.16. The van der Waals surface area contributed by atoms with E-state index in [0.717, 1.165) is 16.5 Å². The first kappa shape index (κ1) is 16.0. The minimum absolute atomic E-state index is 0.291. The molecule has 3 nitrogen and oxygen atoms in total. The van der Waals surface area contributed by atoms with Crippen LogP contribution in [0.3, 0.4) is 0 Å². The SMILES string of the molecule is CCCN(C)S(=O)(=O)c1cc(CCl)cc(Br)c1C. The van der Waals surface area contributed by atoms with Crippen LogP contribution in [-0.4, -0.2) is 26.3 Å². The highest BCUT2D eigenvalue weighted by atomic mass is 79.9. The van der Waals surface area contributed by atoms with Gasteiger partial charge >= 0.3 is 0 Å². The smallest absolute Gasteiger partial charge is 0.207 e. The van der Waals surface area contributed by atoms with E-state index in [9.17, 15) is 8.42 Å². The maximum Gasteiger partial charge on any atom is 0.243 e. The summed E-state index contributed by atoms with van der Waals surface area (Å²) in [6.45, 7) is 4.24. The van der Waals surface area contributed by atoms with Gasteiger partial charge in [-0.05, 0) is 36.6 Å². The van der Waals surface area contributed by atoms with Crippen molar-refractivity contribution in [2.45, 2.75) is 31.0 Å². The van der Waals surface area contributed by atoms with E-state index in [0.29, 0.717) is 22.9 Å². The molecular weight excluding hydrogens is 338 g/mol. The molecule has 0 heterocycles. The summed E-state index contributed by atoms with van der Waals surface area (Å²) in [5.41, 5.74) is 1.50. The molecule has 1 aromatic rings. The van der Waals surface area contributed by atoms with E-state index in [-0.39, 0.29) is 0 Å². The first-order valence-electron chi connectivity index (χ1n) is 5.66. The molecule has 0 aliphatic carbocycles. The van der Waals surface area contributed by atoms with Crippen LogP contribution in [0.2, 0.25) is 0 Å². The molecule has 0 saturated carbocycles. The zero-order valence-electron chi connectivity index (χ0n) is 10.7.